The lowest BCUT2D eigenvalue weighted by Gasteiger charge is -2.24. The zero-order valence-electron chi connectivity index (χ0n) is 9.90. The van der Waals surface area contributed by atoms with E-state index in [2.05, 4.69) is 6.58 Å². The first-order valence-electron chi connectivity index (χ1n) is 5.44. The van der Waals surface area contributed by atoms with Gasteiger partial charge in [-0.15, -0.1) is 6.58 Å². The molecule has 0 aromatic rings. The molecule has 92 valence electrons. The van der Waals surface area contributed by atoms with E-state index in [1.54, 1.807) is 0 Å². The van der Waals surface area contributed by atoms with Gasteiger partial charge < -0.3 is 10.2 Å². The average Bonchev–Trinajstić information content (AvgIpc) is 2.16. The molecule has 1 aliphatic rings. The molecule has 1 saturated carbocycles. The standard InChI is InChI=1S/C8H12O4.C4H8/c9-7(10)5-3-1-2-4-6(5)8(11)12;1-4(2)3/h5-6H,1-4H2,(H,9,10)(H,11,12);1H2,2-3H3. The average molecular weight is 228 g/mol. The highest BCUT2D eigenvalue weighted by Crippen LogP contribution is 2.30. The van der Waals surface area contributed by atoms with Gasteiger partial charge >= 0.3 is 11.9 Å². The molecule has 2 atom stereocenters. The van der Waals surface area contributed by atoms with Crippen molar-refractivity contribution >= 4 is 11.9 Å². The summed E-state index contributed by atoms with van der Waals surface area (Å²) in [5, 5.41) is 17.4. The number of carboxylic acids is 2. The molecule has 0 aromatic heterocycles. The van der Waals surface area contributed by atoms with E-state index in [0.29, 0.717) is 12.8 Å². The van der Waals surface area contributed by atoms with Crippen molar-refractivity contribution in [3.63, 3.8) is 0 Å². The number of rotatable bonds is 2. The monoisotopic (exact) mass is 228 g/mol. The summed E-state index contributed by atoms with van der Waals surface area (Å²) < 4.78 is 0. The van der Waals surface area contributed by atoms with Gasteiger partial charge in [0.1, 0.15) is 0 Å². The predicted octanol–water partition coefficient (Wildman–Crippen LogP) is 2.54. The Bertz CT molecular complexity index is 244. The van der Waals surface area contributed by atoms with Crippen molar-refractivity contribution in [2.75, 3.05) is 0 Å². The molecule has 4 heteroatoms. The highest BCUT2D eigenvalue weighted by Gasteiger charge is 2.35. The van der Waals surface area contributed by atoms with Gasteiger partial charge in [0, 0.05) is 0 Å². The lowest BCUT2D eigenvalue weighted by atomic mass is 9.79. The zero-order valence-corrected chi connectivity index (χ0v) is 9.90. The Morgan fingerprint density at radius 1 is 1.00 bits per heavy atom. The molecule has 1 aliphatic carbocycles. The number of hydrogen-bond acceptors (Lipinski definition) is 2. The van der Waals surface area contributed by atoms with Gasteiger partial charge in [0.2, 0.25) is 0 Å². The van der Waals surface area contributed by atoms with Crippen molar-refractivity contribution < 1.29 is 19.8 Å². The van der Waals surface area contributed by atoms with Gasteiger partial charge in [-0.1, -0.05) is 18.4 Å². The van der Waals surface area contributed by atoms with Crippen LogP contribution in [0.3, 0.4) is 0 Å². The molecule has 0 aromatic carbocycles. The van der Waals surface area contributed by atoms with Crippen LogP contribution in [0.1, 0.15) is 39.5 Å². The Hall–Kier alpha value is -1.32. The molecule has 0 saturated heterocycles. The van der Waals surface area contributed by atoms with Crippen LogP contribution in [-0.2, 0) is 9.59 Å². The second-order valence-electron chi connectivity index (χ2n) is 4.38. The minimum Gasteiger partial charge on any atom is -0.481 e. The number of carbonyl (C=O) groups is 2. The van der Waals surface area contributed by atoms with E-state index in [-0.39, 0.29) is 0 Å². The molecule has 0 heterocycles. The third-order valence-electron chi connectivity index (χ3n) is 2.40. The van der Waals surface area contributed by atoms with Crippen molar-refractivity contribution in [3.05, 3.63) is 12.2 Å². The van der Waals surface area contributed by atoms with E-state index in [4.69, 9.17) is 10.2 Å². The Labute approximate surface area is 96.0 Å². The predicted molar refractivity (Wildman–Crippen MR) is 61.2 cm³/mol. The topological polar surface area (TPSA) is 74.6 Å². The van der Waals surface area contributed by atoms with Crippen molar-refractivity contribution in [2.45, 2.75) is 39.5 Å². The van der Waals surface area contributed by atoms with Crippen molar-refractivity contribution in [1.82, 2.24) is 0 Å². The van der Waals surface area contributed by atoms with Crippen molar-refractivity contribution in [3.8, 4) is 0 Å². The van der Waals surface area contributed by atoms with Gasteiger partial charge in [0.05, 0.1) is 11.8 Å². The fourth-order valence-electron chi connectivity index (χ4n) is 1.72. The summed E-state index contributed by atoms with van der Waals surface area (Å²) in [7, 11) is 0. The van der Waals surface area contributed by atoms with Crippen LogP contribution in [0, 0.1) is 11.8 Å². The maximum atomic E-state index is 10.6. The van der Waals surface area contributed by atoms with Crippen molar-refractivity contribution in [2.24, 2.45) is 11.8 Å². The summed E-state index contributed by atoms with van der Waals surface area (Å²) in [5.41, 5.74) is 1.17. The summed E-state index contributed by atoms with van der Waals surface area (Å²) in [6.07, 6.45) is 2.68. The second kappa shape index (κ2) is 7.04. The number of allylic oxidation sites excluding steroid dienone is 1. The fourth-order valence-corrected chi connectivity index (χ4v) is 1.72. The Morgan fingerprint density at radius 2 is 1.25 bits per heavy atom. The van der Waals surface area contributed by atoms with Crippen LogP contribution in [0.15, 0.2) is 12.2 Å². The summed E-state index contributed by atoms with van der Waals surface area (Å²) in [6.45, 7) is 7.50. The number of carboxylic acid groups (broad SMARTS) is 2. The third kappa shape index (κ3) is 5.53. The van der Waals surface area contributed by atoms with E-state index < -0.39 is 23.8 Å². The van der Waals surface area contributed by atoms with Crippen LogP contribution < -0.4 is 0 Å². The summed E-state index contributed by atoms with van der Waals surface area (Å²) in [5.74, 6) is -3.28. The normalized spacial score (nSPS) is 23.9. The van der Waals surface area contributed by atoms with Crippen LogP contribution in [-0.4, -0.2) is 22.2 Å². The Kier molecular flexibility index (Phi) is 6.46. The summed E-state index contributed by atoms with van der Waals surface area (Å²) in [4.78, 5) is 21.2. The molecule has 0 bridgehead atoms. The minimum atomic E-state index is -0.970. The van der Waals surface area contributed by atoms with Gasteiger partial charge in [0.15, 0.2) is 0 Å². The summed E-state index contributed by atoms with van der Waals surface area (Å²) in [6, 6.07) is 0. The molecular weight excluding hydrogens is 208 g/mol. The van der Waals surface area contributed by atoms with Gasteiger partial charge in [-0.3, -0.25) is 9.59 Å². The van der Waals surface area contributed by atoms with Crippen LogP contribution in [0.5, 0.6) is 0 Å². The van der Waals surface area contributed by atoms with E-state index in [0.717, 1.165) is 12.8 Å². The highest BCUT2D eigenvalue weighted by atomic mass is 16.4. The van der Waals surface area contributed by atoms with E-state index >= 15 is 0 Å². The number of hydrogen-bond donors (Lipinski definition) is 2. The van der Waals surface area contributed by atoms with Crippen molar-refractivity contribution in [1.29, 1.82) is 0 Å². The largest absolute Gasteiger partial charge is 0.481 e. The highest BCUT2D eigenvalue weighted by molar-refractivity contribution is 5.80. The summed E-state index contributed by atoms with van der Waals surface area (Å²) >= 11 is 0. The fraction of sp³-hybridized carbons (Fsp3) is 0.667. The molecule has 1 rings (SSSR count). The maximum Gasteiger partial charge on any atom is 0.307 e. The lowest BCUT2D eigenvalue weighted by molar-refractivity contribution is -0.155. The first-order valence-corrected chi connectivity index (χ1v) is 5.44. The van der Waals surface area contributed by atoms with Crippen LogP contribution in [0.25, 0.3) is 0 Å². The first-order chi connectivity index (χ1) is 7.36. The maximum absolute atomic E-state index is 10.6. The SMILES string of the molecule is C=C(C)C.O=C(O)C1CCCCC1C(=O)O. The molecule has 4 nitrogen and oxygen atoms in total. The van der Waals surface area contributed by atoms with Gasteiger partial charge in [0.25, 0.3) is 0 Å². The van der Waals surface area contributed by atoms with Crippen LogP contribution in [0.4, 0.5) is 0 Å². The van der Waals surface area contributed by atoms with Crippen LogP contribution >= 0.6 is 0 Å². The van der Waals surface area contributed by atoms with Gasteiger partial charge in [-0.05, 0) is 26.7 Å². The lowest BCUT2D eigenvalue weighted by Crippen LogP contribution is -2.32. The zero-order chi connectivity index (χ0) is 12.7. The first kappa shape index (κ1) is 14.7. The molecule has 2 unspecified atom stereocenters. The van der Waals surface area contributed by atoms with E-state index in [1.807, 2.05) is 13.8 Å². The molecule has 0 aliphatic heterocycles. The van der Waals surface area contributed by atoms with E-state index in [1.165, 1.54) is 5.57 Å². The van der Waals surface area contributed by atoms with E-state index in [9.17, 15) is 9.59 Å². The Balaban J connectivity index is 0.000000487. The second-order valence-corrected chi connectivity index (χ2v) is 4.38. The molecule has 0 amide bonds. The van der Waals surface area contributed by atoms with Crippen LogP contribution in [0.2, 0.25) is 0 Å². The minimum absolute atomic E-state index is 0.506. The number of aliphatic carboxylic acids is 2. The molecule has 1 fully saturated rings. The molecular formula is C12H20O4. The molecule has 0 spiro atoms. The van der Waals surface area contributed by atoms with Gasteiger partial charge in [-0.25, -0.2) is 0 Å². The van der Waals surface area contributed by atoms with Gasteiger partial charge in [-0.2, -0.15) is 0 Å². The Morgan fingerprint density at radius 3 is 1.44 bits per heavy atom. The smallest absolute Gasteiger partial charge is 0.307 e. The molecule has 16 heavy (non-hydrogen) atoms. The molecule has 2 N–H and O–H groups in total. The molecule has 0 radical (unpaired) electrons. The third-order valence-corrected chi connectivity index (χ3v) is 2.40. The quantitative estimate of drug-likeness (QED) is 0.712.